The first-order valence-corrected chi connectivity index (χ1v) is 10.0. The fourth-order valence-electron chi connectivity index (χ4n) is 2.90. The lowest BCUT2D eigenvalue weighted by Gasteiger charge is -2.15. The van der Waals surface area contributed by atoms with Crippen molar-refractivity contribution in [3.8, 4) is 5.75 Å². The molecule has 0 bridgehead atoms. The van der Waals surface area contributed by atoms with Gasteiger partial charge in [0, 0.05) is 44.8 Å². The summed E-state index contributed by atoms with van der Waals surface area (Å²) in [6.07, 6.45) is 3.07. The first-order valence-electron chi connectivity index (χ1n) is 10.0. The molecule has 6 heteroatoms. The second kappa shape index (κ2) is 12.6. The van der Waals surface area contributed by atoms with E-state index in [0.717, 1.165) is 76.1 Å². The molecule has 0 aliphatic carbocycles. The Labute approximate surface area is 163 Å². The van der Waals surface area contributed by atoms with E-state index >= 15 is 0 Å². The van der Waals surface area contributed by atoms with Crippen LogP contribution in [-0.4, -0.2) is 52.6 Å². The lowest BCUT2D eigenvalue weighted by Crippen LogP contribution is -2.37. The summed E-state index contributed by atoms with van der Waals surface area (Å²) in [6.45, 7) is 9.72. The summed E-state index contributed by atoms with van der Waals surface area (Å²) >= 11 is 0. The molecule has 1 aromatic rings. The smallest absolute Gasteiger partial charge is 0.191 e. The van der Waals surface area contributed by atoms with Gasteiger partial charge in [0.05, 0.1) is 19.8 Å². The number of nitrogens with one attached hydrogen (secondary N) is 2. The highest BCUT2D eigenvalue weighted by Gasteiger charge is 2.15. The number of guanidine groups is 1. The van der Waals surface area contributed by atoms with Gasteiger partial charge in [0.2, 0.25) is 0 Å². The SMILES string of the molecule is CCCOc1cc(C)ccc1CNC(=NC)NCCCOCC1CCOC1. The number of benzene rings is 1. The Morgan fingerprint density at radius 3 is 2.93 bits per heavy atom. The molecule has 1 aliphatic rings. The minimum Gasteiger partial charge on any atom is -0.493 e. The van der Waals surface area contributed by atoms with Gasteiger partial charge in [-0.1, -0.05) is 19.1 Å². The fourth-order valence-corrected chi connectivity index (χ4v) is 2.90. The van der Waals surface area contributed by atoms with E-state index in [0.29, 0.717) is 12.5 Å². The Hall–Kier alpha value is -1.79. The Bertz CT molecular complexity index is 572. The molecule has 1 saturated heterocycles. The van der Waals surface area contributed by atoms with Crippen LogP contribution >= 0.6 is 0 Å². The van der Waals surface area contributed by atoms with Gasteiger partial charge >= 0.3 is 0 Å². The predicted octanol–water partition coefficient (Wildman–Crippen LogP) is 2.89. The van der Waals surface area contributed by atoms with Crippen LogP contribution in [0.1, 0.15) is 37.3 Å². The molecule has 1 fully saturated rings. The third kappa shape index (κ3) is 8.18. The summed E-state index contributed by atoms with van der Waals surface area (Å²) in [4.78, 5) is 4.29. The molecule has 2 rings (SSSR count). The van der Waals surface area contributed by atoms with Crippen LogP contribution in [0.25, 0.3) is 0 Å². The number of hydrogen-bond donors (Lipinski definition) is 2. The molecule has 0 radical (unpaired) electrons. The van der Waals surface area contributed by atoms with Crippen molar-refractivity contribution in [3.05, 3.63) is 29.3 Å². The molecular weight excluding hydrogens is 342 g/mol. The monoisotopic (exact) mass is 377 g/mol. The number of ether oxygens (including phenoxy) is 3. The van der Waals surface area contributed by atoms with E-state index in [1.165, 1.54) is 5.56 Å². The Balaban J connectivity index is 1.66. The van der Waals surface area contributed by atoms with Crippen molar-refractivity contribution in [3.63, 3.8) is 0 Å². The summed E-state index contributed by atoms with van der Waals surface area (Å²) in [5.41, 5.74) is 2.34. The number of hydrogen-bond acceptors (Lipinski definition) is 4. The number of rotatable bonds is 11. The van der Waals surface area contributed by atoms with Gasteiger partial charge in [-0.05, 0) is 37.8 Å². The van der Waals surface area contributed by atoms with Crippen LogP contribution in [0.4, 0.5) is 0 Å². The van der Waals surface area contributed by atoms with Gasteiger partial charge in [0.15, 0.2) is 5.96 Å². The van der Waals surface area contributed by atoms with Gasteiger partial charge in [0.25, 0.3) is 0 Å². The van der Waals surface area contributed by atoms with Crippen molar-refractivity contribution in [1.29, 1.82) is 0 Å². The van der Waals surface area contributed by atoms with Gasteiger partial charge < -0.3 is 24.8 Å². The lowest BCUT2D eigenvalue weighted by atomic mass is 10.1. The Morgan fingerprint density at radius 2 is 2.19 bits per heavy atom. The van der Waals surface area contributed by atoms with Gasteiger partial charge in [0.1, 0.15) is 5.75 Å². The highest BCUT2D eigenvalue weighted by molar-refractivity contribution is 5.79. The predicted molar refractivity (Wildman–Crippen MR) is 110 cm³/mol. The van der Waals surface area contributed by atoms with E-state index in [-0.39, 0.29) is 0 Å². The molecule has 0 saturated carbocycles. The zero-order valence-electron chi connectivity index (χ0n) is 17.1. The van der Waals surface area contributed by atoms with Gasteiger partial charge in [-0.3, -0.25) is 4.99 Å². The van der Waals surface area contributed by atoms with E-state index in [1.54, 1.807) is 7.05 Å². The maximum atomic E-state index is 5.87. The number of aliphatic imine (C=N–C) groups is 1. The zero-order valence-corrected chi connectivity index (χ0v) is 17.1. The molecule has 1 aromatic carbocycles. The minimum absolute atomic E-state index is 0.575. The van der Waals surface area contributed by atoms with E-state index in [2.05, 4.69) is 47.7 Å². The molecule has 6 nitrogen and oxygen atoms in total. The first-order chi connectivity index (χ1) is 13.2. The third-order valence-electron chi connectivity index (χ3n) is 4.49. The second-order valence-electron chi connectivity index (χ2n) is 6.97. The minimum atomic E-state index is 0.575. The highest BCUT2D eigenvalue weighted by Crippen LogP contribution is 2.20. The van der Waals surface area contributed by atoms with Crippen molar-refractivity contribution in [2.24, 2.45) is 10.9 Å². The average molecular weight is 378 g/mol. The maximum Gasteiger partial charge on any atom is 0.191 e. The molecule has 1 heterocycles. The maximum absolute atomic E-state index is 5.87. The van der Waals surface area contributed by atoms with E-state index in [1.807, 2.05) is 0 Å². The molecule has 1 atom stereocenters. The molecular formula is C21H35N3O3. The summed E-state index contributed by atoms with van der Waals surface area (Å²) < 4.78 is 17.0. The van der Waals surface area contributed by atoms with Crippen molar-refractivity contribution < 1.29 is 14.2 Å². The molecule has 0 amide bonds. The summed E-state index contributed by atoms with van der Waals surface area (Å²) in [5.74, 6) is 2.32. The van der Waals surface area contributed by atoms with Gasteiger partial charge in [-0.25, -0.2) is 0 Å². The molecule has 0 spiro atoms. The zero-order chi connectivity index (χ0) is 19.3. The summed E-state index contributed by atoms with van der Waals surface area (Å²) in [6, 6.07) is 6.31. The standard InChI is InChI=1S/C21H35N3O3/c1-4-10-27-20-13-17(2)6-7-19(20)14-24-21(22-3)23-9-5-11-25-15-18-8-12-26-16-18/h6-7,13,18H,4-5,8-12,14-16H2,1-3H3,(H2,22,23,24). The second-order valence-corrected chi connectivity index (χ2v) is 6.97. The van der Waals surface area contributed by atoms with E-state index in [9.17, 15) is 0 Å². The fraction of sp³-hybridized carbons (Fsp3) is 0.667. The average Bonchev–Trinajstić information content (AvgIpc) is 3.19. The highest BCUT2D eigenvalue weighted by atomic mass is 16.5. The third-order valence-corrected chi connectivity index (χ3v) is 4.49. The van der Waals surface area contributed by atoms with Crippen molar-refractivity contribution in [1.82, 2.24) is 10.6 Å². The van der Waals surface area contributed by atoms with Crippen LogP contribution in [0.2, 0.25) is 0 Å². The molecule has 2 N–H and O–H groups in total. The van der Waals surface area contributed by atoms with Gasteiger partial charge in [-0.2, -0.15) is 0 Å². The van der Waals surface area contributed by atoms with E-state index < -0.39 is 0 Å². The van der Waals surface area contributed by atoms with E-state index in [4.69, 9.17) is 14.2 Å². The quantitative estimate of drug-likeness (QED) is 0.353. The lowest BCUT2D eigenvalue weighted by molar-refractivity contribution is 0.0888. The van der Waals surface area contributed by atoms with Crippen LogP contribution in [-0.2, 0) is 16.0 Å². The molecule has 1 unspecified atom stereocenters. The normalized spacial score (nSPS) is 17.1. The molecule has 152 valence electrons. The van der Waals surface area contributed by atoms with Gasteiger partial charge in [-0.15, -0.1) is 0 Å². The van der Waals surface area contributed by atoms with Crippen LogP contribution in [0.15, 0.2) is 23.2 Å². The van der Waals surface area contributed by atoms with Crippen molar-refractivity contribution >= 4 is 5.96 Å². The van der Waals surface area contributed by atoms with Crippen LogP contribution in [0, 0.1) is 12.8 Å². The largest absolute Gasteiger partial charge is 0.493 e. The summed E-state index contributed by atoms with van der Waals surface area (Å²) in [5, 5.41) is 6.69. The molecule has 1 aliphatic heterocycles. The summed E-state index contributed by atoms with van der Waals surface area (Å²) in [7, 11) is 1.79. The number of aryl methyl sites for hydroxylation is 1. The van der Waals surface area contributed by atoms with Crippen molar-refractivity contribution in [2.45, 2.75) is 39.7 Å². The Kier molecular flexibility index (Phi) is 10.0. The topological polar surface area (TPSA) is 64.1 Å². The Morgan fingerprint density at radius 1 is 1.30 bits per heavy atom. The number of nitrogens with zero attached hydrogens (tertiary/aromatic N) is 1. The van der Waals surface area contributed by atoms with Crippen molar-refractivity contribution in [2.75, 3.05) is 46.6 Å². The first kappa shape index (κ1) is 21.5. The van der Waals surface area contributed by atoms with Crippen LogP contribution in [0.3, 0.4) is 0 Å². The van der Waals surface area contributed by atoms with Crippen LogP contribution in [0.5, 0.6) is 5.75 Å². The van der Waals surface area contributed by atoms with Crippen LogP contribution < -0.4 is 15.4 Å². The molecule has 27 heavy (non-hydrogen) atoms. The molecule has 0 aromatic heterocycles.